The van der Waals surface area contributed by atoms with Crippen molar-refractivity contribution in [3.63, 3.8) is 0 Å². The zero-order valence-corrected chi connectivity index (χ0v) is 26.7. The molecule has 0 bridgehead atoms. The van der Waals surface area contributed by atoms with Crippen LogP contribution in [0.1, 0.15) is 64.9 Å². The summed E-state index contributed by atoms with van der Waals surface area (Å²) in [6.07, 6.45) is 1.86. The first kappa shape index (κ1) is 30.7. The van der Waals surface area contributed by atoms with Crippen LogP contribution in [0.15, 0.2) is 103 Å². The van der Waals surface area contributed by atoms with Gasteiger partial charge in [-0.2, -0.15) is 0 Å². The topological polar surface area (TPSA) is 47.9 Å². The SMILES string of the molecule is CCc1cc(C)c(C2(O)O[C@H](CC)C[C@H](OCc3ccccc3)[C@H]2OCc2ccccc2)cc1Cc1cc2ccccc2s1. The molecular formula is C39H42O4S. The molecule has 5 aromatic rings. The molecule has 5 heteroatoms. The highest BCUT2D eigenvalue weighted by molar-refractivity contribution is 7.19. The highest BCUT2D eigenvalue weighted by Crippen LogP contribution is 2.43. The summed E-state index contributed by atoms with van der Waals surface area (Å²) in [5.41, 5.74) is 6.38. The second-order valence-corrected chi connectivity index (χ2v) is 13.0. The number of thiophene rings is 1. The molecule has 4 aromatic carbocycles. The molecule has 4 nitrogen and oxygen atoms in total. The first-order valence-corrected chi connectivity index (χ1v) is 16.6. The van der Waals surface area contributed by atoms with Gasteiger partial charge in [0.1, 0.15) is 6.10 Å². The van der Waals surface area contributed by atoms with Crippen molar-refractivity contribution in [1.29, 1.82) is 0 Å². The lowest BCUT2D eigenvalue weighted by Gasteiger charge is -2.47. The summed E-state index contributed by atoms with van der Waals surface area (Å²) in [4.78, 5) is 1.31. The van der Waals surface area contributed by atoms with Crippen LogP contribution in [0.3, 0.4) is 0 Å². The predicted molar refractivity (Wildman–Crippen MR) is 179 cm³/mol. The number of aliphatic hydroxyl groups is 1. The van der Waals surface area contributed by atoms with E-state index in [1.165, 1.54) is 26.1 Å². The van der Waals surface area contributed by atoms with Gasteiger partial charge in [-0.3, -0.25) is 0 Å². The fourth-order valence-electron chi connectivity index (χ4n) is 6.39. The molecule has 4 atom stereocenters. The largest absolute Gasteiger partial charge is 0.371 e. The van der Waals surface area contributed by atoms with Gasteiger partial charge in [-0.05, 0) is 71.2 Å². The second kappa shape index (κ2) is 13.8. The molecule has 1 N–H and O–H groups in total. The Labute approximate surface area is 265 Å². The summed E-state index contributed by atoms with van der Waals surface area (Å²) in [6, 6.07) is 35.5. The number of fused-ring (bicyclic) bond motifs is 1. The third-order valence-corrected chi connectivity index (χ3v) is 9.87. The van der Waals surface area contributed by atoms with Crippen LogP contribution in [0.2, 0.25) is 0 Å². The standard InChI is InChI=1S/C39H42O4S/c1-4-30-20-27(3)35(23-32(30)22-34-21-31-18-12-13-19-37(31)44-34)39(40)38(42-26-29-16-10-7-11-17-29)36(24-33(5-2)43-39)41-25-28-14-8-6-9-15-28/h6-21,23,33,36,38,40H,4-5,22,24-26H2,1-3H3/t33-,36+,38-,39?/m1/s1. The van der Waals surface area contributed by atoms with Gasteiger partial charge in [-0.25, -0.2) is 0 Å². The highest BCUT2D eigenvalue weighted by Gasteiger charge is 2.52. The van der Waals surface area contributed by atoms with Gasteiger partial charge >= 0.3 is 0 Å². The summed E-state index contributed by atoms with van der Waals surface area (Å²) in [5.74, 6) is -1.68. The molecule has 1 fully saturated rings. The van der Waals surface area contributed by atoms with Crippen molar-refractivity contribution in [1.82, 2.24) is 0 Å². The summed E-state index contributed by atoms with van der Waals surface area (Å²) in [6.45, 7) is 7.15. The van der Waals surface area contributed by atoms with Gasteiger partial charge < -0.3 is 19.3 Å². The van der Waals surface area contributed by atoms with Crippen LogP contribution in [0.5, 0.6) is 0 Å². The van der Waals surface area contributed by atoms with E-state index in [1.807, 2.05) is 59.9 Å². The van der Waals surface area contributed by atoms with E-state index < -0.39 is 11.9 Å². The van der Waals surface area contributed by atoms with E-state index in [-0.39, 0.29) is 12.2 Å². The van der Waals surface area contributed by atoms with Crippen molar-refractivity contribution in [2.75, 3.05) is 0 Å². The van der Waals surface area contributed by atoms with Gasteiger partial charge in [0.2, 0.25) is 5.79 Å². The van der Waals surface area contributed by atoms with Gasteiger partial charge in [0, 0.05) is 28.0 Å². The number of hydrogen-bond donors (Lipinski definition) is 1. The summed E-state index contributed by atoms with van der Waals surface area (Å²) in [7, 11) is 0. The lowest BCUT2D eigenvalue weighted by atomic mass is 9.84. The molecular weight excluding hydrogens is 564 g/mol. The van der Waals surface area contributed by atoms with Crippen LogP contribution in [0, 0.1) is 6.92 Å². The molecule has 1 aliphatic rings. The average Bonchev–Trinajstić information content (AvgIpc) is 3.47. The minimum atomic E-state index is -1.68. The van der Waals surface area contributed by atoms with Crippen LogP contribution in [-0.2, 0) is 46.1 Å². The molecule has 44 heavy (non-hydrogen) atoms. The lowest BCUT2D eigenvalue weighted by Crippen LogP contribution is -2.58. The fourth-order valence-corrected chi connectivity index (χ4v) is 7.48. The average molecular weight is 607 g/mol. The van der Waals surface area contributed by atoms with Gasteiger partial charge in [0.25, 0.3) is 0 Å². The highest BCUT2D eigenvalue weighted by atomic mass is 32.1. The molecule has 1 aliphatic heterocycles. The molecule has 228 valence electrons. The maximum absolute atomic E-state index is 12.8. The predicted octanol–water partition coefficient (Wildman–Crippen LogP) is 8.88. The lowest BCUT2D eigenvalue weighted by molar-refractivity contribution is -0.347. The Morgan fingerprint density at radius 1 is 0.818 bits per heavy atom. The molecule has 0 spiro atoms. The molecule has 0 saturated carbocycles. The number of ether oxygens (including phenoxy) is 3. The number of hydrogen-bond acceptors (Lipinski definition) is 5. The van der Waals surface area contributed by atoms with E-state index >= 15 is 0 Å². The zero-order valence-electron chi connectivity index (χ0n) is 25.9. The Morgan fingerprint density at radius 3 is 2.14 bits per heavy atom. The quantitative estimate of drug-likeness (QED) is 0.163. The van der Waals surface area contributed by atoms with E-state index in [9.17, 15) is 5.11 Å². The first-order chi connectivity index (χ1) is 21.5. The van der Waals surface area contributed by atoms with Crippen molar-refractivity contribution >= 4 is 21.4 Å². The van der Waals surface area contributed by atoms with Crippen molar-refractivity contribution in [3.05, 3.63) is 141 Å². The minimum absolute atomic E-state index is 0.173. The van der Waals surface area contributed by atoms with E-state index in [2.05, 4.69) is 75.4 Å². The smallest absolute Gasteiger partial charge is 0.222 e. The number of rotatable bonds is 11. The Kier molecular flexibility index (Phi) is 9.60. The third kappa shape index (κ3) is 6.68. The second-order valence-electron chi connectivity index (χ2n) is 11.8. The van der Waals surface area contributed by atoms with E-state index in [0.29, 0.717) is 19.6 Å². The van der Waals surface area contributed by atoms with Crippen molar-refractivity contribution < 1.29 is 19.3 Å². The first-order valence-electron chi connectivity index (χ1n) is 15.8. The molecule has 6 rings (SSSR count). The van der Waals surface area contributed by atoms with Gasteiger partial charge in [0.05, 0.1) is 25.4 Å². The molecule has 1 unspecified atom stereocenters. The Morgan fingerprint density at radius 2 is 1.48 bits per heavy atom. The summed E-state index contributed by atoms with van der Waals surface area (Å²) >= 11 is 1.83. The fraction of sp³-hybridized carbons (Fsp3) is 0.333. The van der Waals surface area contributed by atoms with E-state index in [1.54, 1.807) is 0 Å². The van der Waals surface area contributed by atoms with Crippen molar-refractivity contribution in [2.45, 2.75) is 83.8 Å². The molecule has 0 amide bonds. The minimum Gasteiger partial charge on any atom is -0.371 e. The third-order valence-electron chi connectivity index (χ3n) is 8.75. The number of aryl methyl sites for hydroxylation is 2. The molecule has 1 saturated heterocycles. The van der Waals surface area contributed by atoms with Crippen LogP contribution in [-0.4, -0.2) is 23.4 Å². The summed E-state index contributed by atoms with van der Waals surface area (Å²) in [5, 5.41) is 14.0. The maximum atomic E-state index is 12.8. The number of benzene rings is 4. The zero-order chi connectivity index (χ0) is 30.5. The van der Waals surface area contributed by atoms with Crippen molar-refractivity contribution in [2.24, 2.45) is 0 Å². The molecule has 0 aliphatic carbocycles. The van der Waals surface area contributed by atoms with E-state index in [0.717, 1.165) is 41.5 Å². The van der Waals surface area contributed by atoms with Crippen LogP contribution in [0.4, 0.5) is 0 Å². The molecule has 2 heterocycles. The van der Waals surface area contributed by atoms with Gasteiger partial charge in [-0.1, -0.05) is 98.8 Å². The maximum Gasteiger partial charge on any atom is 0.222 e. The monoisotopic (exact) mass is 606 g/mol. The van der Waals surface area contributed by atoms with Crippen LogP contribution in [0.25, 0.3) is 10.1 Å². The van der Waals surface area contributed by atoms with Crippen molar-refractivity contribution in [3.8, 4) is 0 Å². The van der Waals surface area contributed by atoms with E-state index in [4.69, 9.17) is 14.2 Å². The Balaban J connectivity index is 1.38. The summed E-state index contributed by atoms with van der Waals surface area (Å²) < 4.78 is 21.2. The van der Waals surface area contributed by atoms with Gasteiger partial charge in [-0.15, -0.1) is 11.3 Å². The normalized spacial score (nSPS) is 22.0. The Bertz CT molecular complexity index is 1630. The van der Waals surface area contributed by atoms with Crippen LogP contribution < -0.4 is 0 Å². The Hall–Kier alpha value is -3.32. The molecule has 0 radical (unpaired) electrons. The molecule has 1 aromatic heterocycles. The van der Waals surface area contributed by atoms with Gasteiger partial charge in [0.15, 0.2) is 0 Å². The van der Waals surface area contributed by atoms with Crippen LogP contribution >= 0.6 is 11.3 Å².